The van der Waals surface area contributed by atoms with E-state index in [-0.39, 0.29) is 0 Å². The lowest BCUT2D eigenvalue weighted by Gasteiger charge is -2.27. The summed E-state index contributed by atoms with van der Waals surface area (Å²) < 4.78 is 0. The first-order valence-corrected chi connectivity index (χ1v) is 11.0. The third-order valence-corrected chi connectivity index (χ3v) is 6.46. The van der Waals surface area contributed by atoms with E-state index in [0.29, 0.717) is 17.5 Å². The number of nitrogens with two attached hydrogens (primary N) is 1. The number of fused-ring (bicyclic) bond motifs is 2. The maximum Gasteiger partial charge on any atom is 0.180 e. The highest BCUT2D eigenvalue weighted by Gasteiger charge is 2.17. The van der Waals surface area contributed by atoms with Gasteiger partial charge < -0.3 is 15.7 Å². The lowest BCUT2D eigenvalue weighted by atomic mass is 10.1. The molecule has 0 unspecified atom stereocenters. The summed E-state index contributed by atoms with van der Waals surface area (Å²) in [6.07, 6.45) is 8.18. The average Bonchev–Trinajstić information content (AvgIpc) is 3.18. The van der Waals surface area contributed by atoms with Gasteiger partial charge in [-0.25, -0.2) is 9.97 Å². The summed E-state index contributed by atoms with van der Waals surface area (Å²) in [7, 11) is 2.28. The summed E-state index contributed by atoms with van der Waals surface area (Å²) >= 11 is 0. The molecule has 0 spiro atoms. The monoisotopic (exact) mass is 402 g/mol. The van der Waals surface area contributed by atoms with Crippen LogP contribution in [0.5, 0.6) is 0 Å². The number of imidazole rings is 1. The van der Waals surface area contributed by atoms with Crippen LogP contribution in [-0.4, -0.2) is 37.9 Å². The first kappa shape index (κ1) is 19.1. The molecule has 3 aromatic heterocycles. The summed E-state index contributed by atoms with van der Waals surface area (Å²) in [4.78, 5) is 18.2. The van der Waals surface area contributed by atoms with Crippen LogP contribution in [-0.2, 0) is 6.54 Å². The van der Waals surface area contributed by atoms with Crippen molar-refractivity contribution < 1.29 is 0 Å². The molecular weight excluding hydrogens is 372 g/mol. The second-order valence-electron chi connectivity index (χ2n) is 8.78. The van der Waals surface area contributed by atoms with E-state index >= 15 is 0 Å². The number of aryl methyl sites for hydroxylation is 1. The summed E-state index contributed by atoms with van der Waals surface area (Å²) in [5.74, 6) is 1.32. The Kier molecular flexibility index (Phi) is 4.95. The van der Waals surface area contributed by atoms with Crippen molar-refractivity contribution in [2.45, 2.75) is 58.0 Å². The minimum Gasteiger partial charge on any atom is -0.384 e. The van der Waals surface area contributed by atoms with Crippen molar-refractivity contribution >= 4 is 27.9 Å². The molecule has 1 aliphatic carbocycles. The van der Waals surface area contributed by atoms with Crippen molar-refractivity contribution in [3.8, 4) is 11.3 Å². The van der Waals surface area contributed by atoms with E-state index in [9.17, 15) is 0 Å². The average molecular weight is 403 g/mol. The fraction of sp³-hybridized carbons (Fsp3) is 0.417. The number of benzene rings is 1. The van der Waals surface area contributed by atoms with Gasteiger partial charge in [0.2, 0.25) is 0 Å². The van der Waals surface area contributed by atoms with Gasteiger partial charge in [-0.2, -0.15) is 0 Å². The van der Waals surface area contributed by atoms with E-state index in [2.05, 4.69) is 56.1 Å². The second kappa shape index (κ2) is 7.76. The van der Waals surface area contributed by atoms with Gasteiger partial charge >= 0.3 is 0 Å². The van der Waals surface area contributed by atoms with Crippen LogP contribution in [0.3, 0.4) is 0 Å². The highest BCUT2D eigenvalue weighted by atomic mass is 15.1. The zero-order valence-corrected chi connectivity index (χ0v) is 17.8. The molecule has 1 fully saturated rings. The van der Waals surface area contributed by atoms with Crippen molar-refractivity contribution in [3.05, 3.63) is 41.7 Å². The molecular formula is C24H30N6. The second-order valence-corrected chi connectivity index (χ2v) is 8.78. The maximum atomic E-state index is 6.04. The van der Waals surface area contributed by atoms with Gasteiger partial charge in [-0.05, 0) is 56.6 Å². The van der Waals surface area contributed by atoms with Gasteiger partial charge in [0.1, 0.15) is 11.6 Å². The first-order chi connectivity index (χ1) is 14.6. The van der Waals surface area contributed by atoms with Crippen LogP contribution in [0.25, 0.3) is 33.3 Å². The van der Waals surface area contributed by atoms with Gasteiger partial charge in [0, 0.05) is 34.7 Å². The topological polar surface area (TPSA) is 86.6 Å². The Hall–Kier alpha value is -2.86. The largest absolute Gasteiger partial charge is 0.384 e. The van der Waals surface area contributed by atoms with Crippen LogP contribution in [0.4, 0.5) is 5.82 Å². The Bertz CT molecular complexity index is 1180. The third-order valence-electron chi connectivity index (χ3n) is 6.46. The molecule has 0 saturated heterocycles. The number of hydrogen-bond acceptors (Lipinski definition) is 4. The molecule has 0 bridgehead atoms. The predicted molar refractivity (Wildman–Crippen MR) is 123 cm³/mol. The molecule has 0 radical (unpaired) electrons. The van der Waals surface area contributed by atoms with Gasteiger partial charge in [-0.15, -0.1) is 0 Å². The normalized spacial score (nSPS) is 16.0. The minimum atomic E-state index is 0.480. The standard InChI is InChI=1S/C24H30N6/c1-15-26-23-19(13-22(25)29-24(23)27-15)21-12-17-11-16(9-10-20(17)28-21)14-30(2)18-7-5-3-4-6-8-18/h9-13,18,28H,3-8,14H2,1-2H3,(H3,25,26,27,29). The van der Waals surface area contributed by atoms with Crippen molar-refractivity contribution in [1.29, 1.82) is 0 Å². The van der Waals surface area contributed by atoms with Crippen molar-refractivity contribution in [2.75, 3.05) is 12.8 Å². The van der Waals surface area contributed by atoms with E-state index in [0.717, 1.165) is 34.7 Å². The van der Waals surface area contributed by atoms with Crippen LogP contribution in [0, 0.1) is 6.92 Å². The number of nitrogens with zero attached hydrogens (tertiary/aromatic N) is 3. The highest BCUT2D eigenvalue weighted by Crippen LogP contribution is 2.31. The lowest BCUT2D eigenvalue weighted by Crippen LogP contribution is -2.30. The summed E-state index contributed by atoms with van der Waals surface area (Å²) in [5.41, 5.74) is 12.1. The quantitative estimate of drug-likeness (QED) is 0.412. The molecule has 4 N–H and O–H groups in total. The molecule has 1 aromatic carbocycles. The zero-order valence-electron chi connectivity index (χ0n) is 17.8. The predicted octanol–water partition coefficient (Wildman–Crippen LogP) is 5.15. The summed E-state index contributed by atoms with van der Waals surface area (Å²) in [5, 5.41) is 1.22. The number of rotatable bonds is 4. The summed E-state index contributed by atoms with van der Waals surface area (Å²) in [6.45, 7) is 2.93. The summed E-state index contributed by atoms with van der Waals surface area (Å²) in [6, 6.07) is 11.6. The van der Waals surface area contributed by atoms with Crippen molar-refractivity contribution in [1.82, 2.24) is 24.8 Å². The van der Waals surface area contributed by atoms with E-state index in [4.69, 9.17) is 5.73 Å². The Morgan fingerprint density at radius 3 is 2.63 bits per heavy atom. The minimum absolute atomic E-state index is 0.480. The molecule has 3 heterocycles. The fourth-order valence-corrected chi connectivity index (χ4v) is 4.88. The van der Waals surface area contributed by atoms with Gasteiger partial charge in [-0.1, -0.05) is 31.7 Å². The zero-order chi connectivity index (χ0) is 20.7. The molecule has 6 nitrogen and oxygen atoms in total. The number of nitrogen functional groups attached to an aromatic ring is 1. The SMILES string of the molecule is Cc1nc2nc(N)cc(-c3cc4cc(CN(C)C5CCCCCC5)ccc4[nH]3)c2[nH]1. The lowest BCUT2D eigenvalue weighted by molar-refractivity contribution is 0.213. The number of aromatic amines is 2. The number of pyridine rings is 1. The Morgan fingerprint density at radius 1 is 1.03 bits per heavy atom. The van der Waals surface area contributed by atoms with Gasteiger partial charge in [-0.3, -0.25) is 4.90 Å². The number of H-pyrrole nitrogens is 2. The van der Waals surface area contributed by atoms with Crippen molar-refractivity contribution in [2.24, 2.45) is 0 Å². The van der Waals surface area contributed by atoms with Crippen LogP contribution < -0.4 is 5.73 Å². The maximum absolute atomic E-state index is 6.04. The molecule has 4 aromatic rings. The Morgan fingerprint density at radius 2 is 1.83 bits per heavy atom. The molecule has 6 heteroatoms. The van der Waals surface area contributed by atoms with E-state index in [1.54, 1.807) is 0 Å². The number of aromatic nitrogens is 4. The molecule has 1 saturated carbocycles. The molecule has 0 aliphatic heterocycles. The number of hydrogen-bond donors (Lipinski definition) is 3. The molecule has 0 atom stereocenters. The highest BCUT2D eigenvalue weighted by molar-refractivity contribution is 5.95. The Balaban J connectivity index is 1.45. The molecule has 156 valence electrons. The van der Waals surface area contributed by atoms with Crippen LogP contribution >= 0.6 is 0 Å². The molecule has 30 heavy (non-hydrogen) atoms. The van der Waals surface area contributed by atoms with Crippen LogP contribution in [0.1, 0.15) is 49.9 Å². The molecule has 0 amide bonds. The molecule has 5 rings (SSSR count). The smallest absolute Gasteiger partial charge is 0.180 e. The number of nitrogens with one attached hydrogen (secondary N) is 2. The number of anilines is 1. The van der Waals surface area contributed by atoms with E-state index in [1.165, 1.54) is 49.5 Å². The van der Waals surface area contributed by atoms with Crippen molar-refractivity contribution in [3.63, 3.8) is 0 Å². The van der Waals surface area contributed by atoms with E-state index in [1.807, 2.05) is 13.0 Å². The fourth-order valence-electron chi connectivity index (χ4n) is 4.88. The third kappa shape index (κ3) is 3.67. The van der Waals surface area contributed by atoms with Gasteiger partial charge in [0.05, 0.1) is 5.52 Å². The first-order valence-electron chi connectivity index (χ1n) is 11.0. The molecule has 1 aliphatic rings. The van der Waals surface area contributed by atoms with Gasteiger partial charge in [0.25, 0.3) is 0 Å². The van der Waals surface area contributed by atoms with Crippen LogP contribution in [0.15, 0.2) is 30.3 Å². The van der Waals surface area contributed by atoms with Crippen LogP contribution in [0.2, 0.25) is 0 Å². The Labute approximate surface area is 176 Å². The van der Waals surface area contributed by atoms with Gasteiger partial charge in [0.15, 0.2) is 5.65 Å². The van der Waals surface area contributed by atoms with E-state index < -0.39 is 0 Å².